The lowest BCUT2D eigenvalue weighted by Gasteiger charge is -2.31. The second-order valence-corrected chi connectivity index (χ2v) is 16.9. The van der Waals surface area contributed by atoms with Gasteiger partial charge in [0, 0.05) is 38.0 Å². The third-order valence-electron chi connectivity index (χ3n) is 13.2. The van der Waals surface area contributed by atoms with Crippen molar-refractivity contribution in [1.29, 1.82) is 0 Å². The molecule has 0 aromatic heterocycles. The Morgan fingerprint density at radius 1 is 0.295 bits per heavy atom. The van der Waals surface area contributed by atoms with E-state index in [1.807, 2.05) is 0 Å². The first-order valence-corrected chi connectivity index (χ1v) is 21.3. The number of hydrogen-bond acceptors (Lipinski definition) is 2. The summed E-state index contributed by atoms with van der Waals surface area (Å²) in [7, 11) is 0. The largest absolute Gasteiger partial charge is 0.309 e. The lowest BCUT2D eigenvalue weighted by atomic mass is 9.81. The number of anilines is 6. The van der Waals surface area contributed by atoms with E-state index in [4.69, 9.17) is 0 Å². The molecule has 0 N–H and O–H groups in total. The maximum absolute atomic E-state index is 2.53. The van der Waals surface area contributed by atoms with Crippen molar-refractivity contribution in [2.24, 2.45) is 0 Å². The van der Waals surface area contributed by atoms with Gasteiger partial charge in [0.05, 0.1) is 28.4 Å². The molecule has 288 valence electrons. The van der Waals surface area contributed by atoms with Gasteiger partial charge in [0.15, 0.2) is 0 Å². The molecule has 0 spiro atoms. The van der Waals surface area contributed by atoms with Gasteiger partial charge in [-0.05, 0) is 91.6 Å². The SMILES string of the molecule is CC1(C)c2cc(N(c3cccc4ccccc34)c3cccc4ccccc34)ccc2-c2c1cc(N(c1cccc3ccccc13)c1cccc3ccccc13)c1ccccc21. The summed E-state index contributed by atoms with van der Waals surface area (Å²) in [6.07, 6.45) is 0. The highest BCUT2D eigenvalue weighted by molar-refractivity contribution is 6.14. The van der Waals surface area contributed by atoms with Crippen LogP contribution >= 0.6 is 0 Å². The molecule has 0 heterocycles. The molecule has 1 aliphatic rings. The van der Waals surface area contributed by atoms with Crippen molar-refractivity contribution < 1.29 is 0 Å². The summed E-state index contributed by atoms with van der Waals surface area (Å²) >= 11 is 0. The smallest absolute Gasteiger partial charge is 0.0544 e. The third kappa shape index (κ3) is 5.42. The highest BCUT2D eigenvalue weighted by Gasteiger charge is 2.39. The Hall–Kier alpha value is -7.68. The number of benzene rings is 11. The maximum atomic E-state index is 2.53. The van der Waals surface area contributed by atoms with Crippen molar-refractivity contribution in [2.45, 2.75) is 19.3 Å². The third-order valence-corrected chi connectivity index (χ3v) is 13.2. The Kier molecular flexibility index (Phi) is 7.92. The Balaban J connectivity index is 1.11. The van der Waals surface area contributed by atoms with E-state index in [2.05, 4.69) is 242 Å². The highest BCUT2D eigenvalue weighted by Crippen LogP contribution is 2.56. The molecule has 2 nitrogen and oxygen atoms in total. The highest BCUT2D eigenvalue weighted by atomic mass is 15.2. The zero-order valence-corrected chi connectivity index (χ0v) is 34.2. The monoisotopic (exact) mass is 778 g/mol. The van der Waals surface area contributed by atoms with Gasteiger partial charge in [0.2, 0.25) is 0 Å². The van der Waals surface area contributed by atoms with Crippen LogP contribution in [0.1, 0.15) is 25.0 Å². The first kappa shape index (κ1) is 35.3. The fourth-order valence-corrected chi connectivity index (χ4v) is 10.3. The van der Waals surface area contributed by atoms with Crippen LogP contribution < -0.4 is 9.80 Å². The predicted octanol–water partition coefficient (Wildman–Crippen LogP) is 16.7. The van der Waals surface area contributed by atoms with Gasteiger partial charge < -0.3 is 9.80 Å². The number of hydrogen-bond donors (Lipinski definition) is 0. The molecule has 0 radical (unpaired) electrons. The number of nitrogens with zero attached hydrogens (tertiary/aromatic N) is 2. The quantitative estimate of drug-likeness (QED) is 0.166. The summed E-state index contributed by atoms with van der Waals surface area (Å²) in [4.78, 5) is 5.01. The second-order valence-electron chi connectivity index (χ2n) is 16.9. The molecule has 0 aliphatic heterocycles. The summed E-state index contributed by atoms with van der Waals surface area (Å²) in [5.41, 5.74) is 11.9. The lowest BCUT2D eigenvalue weighted by molar-refractivity contribution is 0.661. The zero-order chi connectivity index (χ0) is 40.7. The lowest BCUT2D eigenvalue weighted by Crippen LogP contribution is -2.18. The Bertz CT molecular complexity index is 3360. The summed E-state index contributed by atoms with van der Waals surface area (Å²) in [5, 5.41) is 12.3. The van der Waals surface area contributed by atoms with Crippen LogP contribution in [0.25, 0.3) is 65.0 Å². The van der Waals surface area contributed by atoms with Crippen molar-refractivity contribution in [3.63, 3.8) is 0 Å². The molecule has 11 aromatic rings. The molecule has 0 amide bonds. The van der Waals surface area contributed by atoms with Gasteiger partial charge in [-0.2, -0.15) is 0 Å². The van der Waals surface area contributed by atoms with E-state index >= 15 is 0 Å². The van der Waals surface area contributed by atoms with E-state index < -0.39 is 0 Å². The molecule has 1 aliphatic carbocycles. The van der Waals surface area contributed by atoms with Crippen LogP contribution in [0.3, 0.4) is 0 Å². The average molecular weight is 779 g/mol. The molecule has 0 saturated carbocycles. The molecular weight excluding hydrogens is 737 g/mol. The van der Waals surface area contributed by atoms with E-state index in [1.165, 1.54) is 81.8 Å². The van der Waals surface area contributed by atoms with Gasteiger partial charge in [-0.15, -0.1) is 0 Å². The predicted molar refractivity (Wildman–Crippen MR) is 261 cm³/mol. The fourth-order valence-electron chi connectivity index (χ4n) is 10.3. The minimum absolute atomic E-state index is 0.314. The van der Waals surface area contributed by atoms with Crippen molar-refractivity contribution in [3.05, 3.63) is 230 Å². The Morgan fingerprint density at radius 2 is 0.672 bits per heavy atom. The standard InChI is InChI=1S/C59H42N2/c1-59(2)51-37-43(60(53-31-13-21-39-17-3-7-25-44(39)53)54-32-14-22-40-18-4-8-26-45(40)54)35-36-50(51)58-49-30-12-11-29-48(49)57(38-52(58)59)61(55-33-15-23-41-19-5-9-27-46(41)55)56-34-16-24-42-20-6-10-28-47(42)56/h3-38H,1-2H3. The van der Waals surface area contributed by atoms with Crippen molar-refractivity contribution in [1.82, 2.24) is 0 Å². The van der Waals surface area contributed by atoms with E-state index in [0.717, 1.165) is 28.4 Å². The van der Waals surface area contributed by atoms with E-state index in [-0.39, 0.29) is 5.41 Å². The van der Waals surface area contributed by atoms with Gasteiger partial charge in [-0.1, -0.05) is 190 Å². The van der Waals surface area contributed by atoms with Crippen molar-refractivity contribution in [3.8, 4) is 11.1 Å². The minimum atomic E-state index is -0.314. The molecule has 0 bridgehead atoms. The topological polar surface area (TPSA) is 6.48 Å². The Labute approximate surface area is 356 Å². The summed E-state index contributed by atoms with van der Waals surface area (Å²) in [6, 6.07) is 80.5. The minimum Gasteiger partial charge on any atom is -0.309 e. The molecule has 0 fully saturated rings. The van der Waals surface area contributed by atoms with Crippen LogP contribution in [0.4, 0.5) is 34.1 Å². The second kappa shape index (κ2) is 13.7. The van der Waals surface area contributed by atoms with Crippen LogP contribution in [0, 0.1) is 0 Å². The summed E-state index contributed by atoms with van der Waals surface area (Å²) in [5.74, 6) is 0. The van der Waals surface area contributed by atoms with Gasteiger partial charge in [0.25, 0.3) is 0 Å². The van der Waals surface area contributed by atoms with E-state index in [9.17, 15) is 0 Å². The molecular formula is C59H42N2. The zero-order valence-electron chi connectivity index (χ0n) is 34.2. The fraction of sp³-hybridized carbons (Fsp3) is 0.0508. The van der Waals surface area contributed by atoms with Gasteiger partial charge >= 0.3 is 0 Å². The molecule has 11 aromatic carbocycles. The summed E-state index contributed by atoms with van der Waals surface area (Å²) < 4.78 is 0. The number of rotatable bonds is 6. The van der Waals surface area contributed by atoms with E-state index in [1.54, 1.807) is 0 Å². The molecule has 61 heavy (non-hydrogen) atoms. The van der Waals surface area contributed by atoms with Crippen LogP contribution in [0.2, 0.25) is 0 Å². The molecule has 0 atom stereocenters. The van der Waals surface area contributed by atoms with Crippen LogP contribution in [0.15, 0.2) is 218 Å². The summed E-state index contributed by atoms with van der Waals surface area (Å²) in [6.45, 7) is 4.83. The molecule has 12 rings (SSSR count). The molecule has 0 saturated heterocycles. The van der Waals surface area contributed by atoms with Gasteiger partial charge in [-0.3, -0.25) is 0 Å². The molecule has 0 unspecified atom stereocenters. The van der Waals surface area contributed by atoms with Crippen LogP contribution in [-0.4, -0.2) is 0 Å². The molecule has 2 heteroatoms. The van der Waals surface area contributed by atoms with Crippen molar-refractivity contribution >= 4 is 88.0 Å². The van der Waals surface area contributed by atoms with Crippen LogP contribution in [-0.2, 0) is 5.41 Å². The van der Waals surface area contributed by atoms with Gasteiger partial charge in [-0.25, -0.2) is 0 Å². The average Bonchev–Trinajstić information content (AvgIpc) is 3.54. The normalized spacial score (nSPS) is 12.9. The first-order chi connectivity index (χ1) is 30.0. The number of fused-ring (bicyclic) bond motifs is 9. The first-order valence-electron chi connectivity index (χ1n) is 21.3. The Morgan fingerprint density at radius 3 is 1.13 bits per heavy atom. The van der Waals surface area contributed by atoms with E-state index in [0.29, 0.717) is 0 Å². The van der Waals surface area contributed by atoms with Crippen molar-refractivity contribution in [2.75, 3.05) is 9.80 Å². The van der Waals surface area contributed by atoms with Crippen LogP contribution in [0.5, 0.6) is 0 Å². The van der Waals surface area contributed by atoms with Gasteiger partial charge in [0.1, 0.15) is 0 Å². The maximum Gasteiger partial charge on any atom is 0.0544 e.